The van der Waals surface area contributed by atoms with Gasteiger partial charge in [0.25, 0.3) is 0 Å². The molecule has 0 N–H and O–H groups in total. The van der Waals surface area contributed by atoms with Crippen molar-refractivity contribution in [3.8, 4) is 0 Å². The van der Waals surface area contributed by atoms with Crippen molar-refractivity contribution in [2.45, 2.75) is 64.9 Å². The maximum absolute atomic E-state index is 13.0. The van der Waals surface area contributed by atoms with E-state index in [1.807, 2.05) is 6.08 Å². The normalized spacial score (nSPS) is 44.2. The Morgan fingerprint density at radius 1 is 1.18 bits per heavy atom. The van der Waals surface area contributed by atoms with Crippen molar-refractivity contribution in [1.29, 1.82) is 0 Å². The highest BCUT2D eigenvalue weighted by Gasteiger charge is 2.68. The Kier molecular flexibility index (Phi) is 4.76. The first-order valence-electron chi connectivity index (χ1n) is 10.4. The summed E-state index contributed by atoms with van der Waals surface area (Å²) in [4.78, 5) is 36.9. The van der Waals surface area contributed by atoms with Gasteiger partial charge in [-0.05, 0) is 68.4 Å². The van der Waals surface area contributed by atoms with Crippen LogP contribution in [0.25, 0.3) is 0 Å². The minimum atomic E-state index is -1.01. The van der Waals surface area contributed by atoms with Gasteiger partial charge in [0.15, 0.2) is 17.2 Å². The third kappa shape index (κ3) is 2.57. The molecular weight excluding hydrogens is 420 g/mol. The number of Topliss-reactive ketones (excluding diaryl/α,β-unsaturated/α-hetero) is 1. The van der Waals surface area contributed by atoms with Crippen molar-refractivity contribution in [1.82, 2.24) is 0 Å². The minimum Gasteiger partial charge on any atom is -0.451 e. The number of fused-ring (bicyclic) bond motifs is 5. The summed E-state index contributed by atoms with van der Waals surface area (Å²) in [7, 11) is 0. The lowest BCUT2D eigenvalue weighted by Gasteiger charge is -2.58. The number of hydrogen-bond acceptors (Lipinski definition) is 4. The zero-order chi connectivity index (χ0) is 20.3. The maximum atomic E-state index is 13.0. The fourth-order valence-electron chi connectivity index (χ4n) is 7.23. The van der Waals surface area contributed by atoms with Gasteiger partial charge in [-0.15, -0.1) is 0 Å². The van der Waals surface area contributed by atoms with E-state index >= 15 is 0 Å². The number of allylic oxidation sites excluding steroid dienone is 4. The second kappa shape index (κ2) is 6.65. The standard InChI is InChI=1S/C23H29BrO4/c1-14(25)28-23(20(27)13-24)11-8-19-17-5-4-15-12-16(26)6-9-21(15,2)18(17)7-10-22(19,23)3/h6,9,12,17-19H,4-5,7-8,10-11,13H2,1-3H3/t17-,18+,19+,21+,22+,23-/m1/s1. The molecular formula is C23H29BrO4. The van der Waals surface area contributed by atoms with E-state index in [1.165, 1.54) is 12.5 Å². The summed E-state index contributed by atoms with van der Waals surface area (Å²) in [6.45, 7) is 5.87. The van der Waals surface area contributed by atoms with E-state index < -0.39 is 5.60 Å². The molecule has 0 aromatic carbocycles. The Balaban J connectivity index is 1.71. The van der Waals surface area contributed by atoms with Gasteiger partial charge in [-0.1, -0.05) is 41.4 Å². The van der Waals surface area contributed by atoms with Crippen LogP contribution in [0, 0.1) is 28.6 Å². The van der Waals surface area contributed by atoms with Gasteiger partial charge in [-0.2, -0.15) is 0 Å². The van der Waals surface area contributed by atoms with E-state index in [4.69, 9.17) is 4.74 Å². The summed E-state index contributed by atoms with van der Waals surface area (Å²) >= 11 is 3.33. The molecule has 0 aliphatic heterocycles. The van der Waals surface area contributed by atoms with Crippen LogP contribution in [0.4, 0.5) is 0 Å². The lowest BCUT2D eigenvalue weighted by molar-refractivity contribution is -0.186. The number of halogens is 1. The second-order valence-corrected chi connectivity index (χ2v) is 10.1. The quantitative estimate of drug-likeness (QED) is 0.468. The number of rotatable bonds is 3. The molecule has 28 heavy (non-hydrogen) atoms. The Bertz CT molecular complexity index is 798. The molecule has 4 rings (SSSR count). The largest absolute Gasteiger partial charge is 0.451 e. The molecule has 4 aliphatic carbocycles. The predicted octanol–water partition coefficient (Wildman–Crippen LogP) is 4.56. The van der Waals surface area contributed by atoms with Gasteiger partial charge in [0.05, 0.1) is 5.33 Å². The average molecular weight is 449 g/mol. The molecule has 0 radical (unpaired) electrons. The second-order valence-electron chi connectivity index (χ2n) is 9.58. The lowest BCUT2D eigenvalue weighted by atomic mass is 9.47. The molecule has 0 aromatic rings. The number of ketones is 2. The molecule has 0 aromatic heterocycles. The van der Waals surface area contributed by atoms with Gasteiger partial charge in [0.1, 0.15) is 0 Å². The lowest BCUT2D eigenvalue weighted by Crippen LogP contribution is -2.59. The summed E-state index contributed by atoms with van der Waals surface area (Å²) in [5.74, 6) is 1.05. The van der Waals surface area contributed by atoms with Crippen molar-refractivity contribution < 1.29 is 19.1 Å². The smallest absolute Gasteiger partial charge is 0.303 e. The van der Waals surface area contributed by atoms with E-state index in [0.717, 1.165) is 32.1 Å². The molecule has 6 atom stereocenters. The van der Waals surface area contributed by atoms with Gasteiger partial charge >= 0.3 is 5.97 Å². The Morgan fingerprint density at radius 3 is 2.57 bits per heavy atom. The molecule has 0 unspecified atom stereocenters. The first kappa shape index (κ1) is 20.1. The number of carbonyl (C=O) groups excluding carboxylic acids is 3. The summed E-state index contributed by atoms with van der Waals surface area (Å²) in [5.41, 5.74) is -0.126. The van der Waals surface area contributed by atoms with Gasteiger partial charge in [-0.3, -0.25) is 14.4 Å². The number of esters is 1. The van der Waals surface area contributed by atoms with Crippen LogP contribution in [0.5, 0.6) is 0 Å². The summed E-state index contributed by atoms with van der Waals surface area (Å²) < 4.78 is 5.86. The monoisotopic (exact) mass is 448 g/mol. The van der Waals surface area contributed by atoms with E-state index in [2.05, 4.69) is 35.9 Å². The Morgan fingerprint density at radius 2 is 1.89 bits per heavy atom. The fourth-order valence-corrected chi connectivity index (χ4v) is 7.68. The molecule has 0 bridgehead atoms. The van der Waals surface area contributed by atoms with Crippen LogP contribution in [-0.2, 0) is 19.1 Å². The number of carbonyl (C=O) groups is 3. The van der Waals surface area contributed by atoms with E-state index in [1.54, 1.807) is 6.08 Å². The number of ether oxygens (including phenoxy) is 1. The molecule has 4 aliphatic rings. The summed E-state index contributed by atoms with van der Waals surface area (Å²) in [6.07, 6.45) is 11.1. The minimum absolute atomic E-state index is 0.00286. The Hall–Kier alpha value is -1.23. The van der Waals surface area contributed by atoms with Crippen LogP contribution in [0.15, 0.2) is 23.8 Å². The highest BCUT2D eigenvalue weighted by Crippen LogP contribution is 2.67. The van der Waals surface area contributed by atoms with Gasteiger partial charge < -0.3 is 4.74 Å². The number of alkyl halides is 1. The first-order valence-corrected chi connectivity index (χ1v) is 11.5. The zero-order valence-corrected chi connectivity index (χ0v) is 18.5. The first-order chi connectivity index (χ1) is 13.2. The Labute approximate surface area is 175 Å². The van der Waals surface area contributed by atoms with Gasteiger partial charge in [0.2, 0.25) is 0 Å². The molecule has 4 nitrogen and oxygen atoms in total. The molecule has 5 heteroatoms. The topological polar surface area (TPSA) is 60.4 Å². The van der Waals surface area contributed by atoms with Crippen LogP contribution in [0.1, 0.15) is 59.3 Å². The molecule has 0 heterocycles. The van der Waals surface area contributed by atoms with Crippen LogP contribution in [-0.4, -0.2) is 28.5 Å². The van der Waals surface area contributed by atoms with Crippen molar-refractivity contribution >= 4 is 33.5 Å². The van der Waals surface area contributed by atoms with E-state index in [0.29, 0.717) is 24.2 Å². The molecule has 0 spiro atoms. The third-order valence-corrected chi connectivity index (χ3v) is 9.08. The molecule has 152 valence electrons. The maximum Gasteiger partial charge on any atom is 0.303 e. The third-order valence-electron chi connectivity index (χ3n) is 8.57. The van der Waals surface area contributed by atoms with E-state index in [-0.39, 0.29) is 33.7 Å². The average Bonchev–Trinajstić information content (AvgIpc) is 2.94. The summed E-state index contributed by atoms with van der Waals surface area (Å²) in [5, 5.41) is 0.214. The van der Waals surface area contributed by atoms with Gasteiger partial charge in [-0.25, -0.2) is 0 Å². The SMILES string of the molecule is CC(=O)O[C@@]1(C(=O)CBr)CC[C@H]2[C@@H]3CCC4=CC(=O)C=C[C@]4(C)[C@H]3CC[C@@]21C. The van der Waals surface area contributed by atoms with Crippen molar-refractivity contribution in [2.75, 3.05) is 5.33 Å². The zero-order valence-electron chi connectivity index (χ0n) is 16.9. The number of hydrogen-bond donors (Lipinski definition) is 0. The van der Waals surface area contributed by atoms with Crippen LogP contribution in [0.2, 0.25) is 0 Å². The molecule has 0 saturated heterocycles. The molecule has 0 amide bonds. The predicted molar refractivity (Wildman–Crippen MR) is 110 cm³/mol. The van der Waals surface area contributed by atoms with Crippen molar-refractivity contribution in [3.63, 3.8) is 0 Å². The van der Waals surface area contributed by atoms with Crippen molar-refractivity contribution in [2.24, 2.45) is 28.6 Å². The van der Waals surface area contributed by atoms with Gasteiger partial charge in [0, 0.05) is 17.8 Å². The summed E-state index contributed by atoms with van der Waals surface area (Å²) in [6, 6.07) is 0. The fraction of sp³-hybridized carbons (Fsp3) is 0.696. The van der Waals surface area contributed by atoms with Crippen LogP contribution in [0.3, 0.4) is 0 Å². The molecule has 3 fully saturated rings. The highest BCUT2D eigenvalue weighted by molar-refractivity contribution is 9.09. The molecule has 3 saturated carbocycles. The highest BCUT2D eigenvalue weighted by atomic mass is 79.9. The van der Waals surface area contributed by atoms with E-state index in [9.17, 15) is 14.4 Å². The van der Waals surface area contributed by atoms with Crippen LogP contribution < -0.4 is 0 Å². The van der Waals surface area contributed by atoms with Crippen molar-refractivity contribution in [3.05, 3.63) is 23.8 Å². The van der Waals surface area contributed by atoms with Crippen LogP contribution >= 0.6 is 15.9 Å².